The minimum absolute atomic E-state index is 0.198. The highest BCUT2D eigenvalue weighted by atomic mass is 16.1. The summed E-state index contributed by atoms with van der Waals surface area (Å²) in [5.41, 5.74) is -0.385. The third-order valence-electron chi connectivity index (χ3n) is 3.05. The topological polar surface area (TPSA) is 23.6 Å². The first-order valence-electron chi connectivity index (χ1n) is 4.61. The van der Waals surface area contributed by atoms with Crippen LogP contribution in [0.4, 0.5) is 0 Å². The van der Waals surface area contributed by atoms with E-state index in [0.717, 1.165) is 0 Å². The van der Waals surface area contributed by atoms with E-state index in [9.17, 15) is 4.79 Å². The van der Waals surface area contributed by atoms with Gasteiger partial charge in [-0.2, -0.15) is 0 Å². The smallest absolute Gasteiger partial charge is 0.149 e. The average molecular weight is 186 g/mol. The van der Waals surface area contributed by atoms with Crippen LogP contribution in [0.3, 0.4) is 0 Å². The van der Waals surface area contributed by atoms with Crippen LogP contribution >= 0.6 is 0 Å². The molecule has 3 nitrogen and oxygen atoms in total. The van der Waals surface area contributed by atoms with Gasteiger partial charge in [0.25, 0.3) is 0 Å². The quantitative estimate of drug-likeness (QED) is 0.616. The maximum atomic E-state index is 11.4. The molecule has 13 heavy (non-hydrogen) atoms. The van der Waals surface area contributed by atoms with Crippen LogP contribution in [0, 0.1) is 0 Å². The number of nitrogens with zero attached hydrogens (tertiary/aromatic N) is 2. The zero-order valence-electron chi connectivity index (χ0n) is 9.88. The van der Waals surface area contributed by atoms with E-state index in [1.54, 1.807) is 6.92 Å². The summed E-state index contributed by atoms with van der Waals surface area (Å²) in [6.07, 6.45) is 0.263. The summed E-state index contributed by atoms with van der Waals surface area (Å²) in [4.78, 5) is 15.5. The molecule has 78 valence electrons. The van der Waals surface area contributed by atoms with Crippen molar-refractivity contribution in [1.29, 1.82) is 0 Å². The summed E-state index contributed by atoms with van der Waals surface area (Å²) < 4.78 is 0. The van der Waals surface area contributed by atoms with E-state index < -0.39 is 0 Å². The van der Waals surface area contributed by atoms with Gasteiger partial charge in [-0.05, 0) is 48.8 Å². The Balaban J connectivity index is 4.58. The van der Waals surface area contributed by atoms with Gasteiger partial charge in [0.05, 0.1) is 11.7 Å². The van der Waals surface area contributed by atoms with Crippen LogP contribution in [0.1, 0.15) is 27.7 Å². The lowest BCUT2D eigenvalue weighted by Crippen LogP contribution is -2.54. The van der Waals surface area contributed by atoms with Crippen molar-refractivity contribution >= 4 is 5.78 Å². The van der Waals surface area contributed by atoms with Crippen molar-refractivity contribution in [1.82, 2.24) is 9.80 Å². The fourth-order valence-corrected chi connectivity index (χ4v) is 1.06. The van der Waals surface area contributed by atoms with E-state index in [1.807, 2.05) is 35.0 Å². The molecule has 0 heterocycles. The van der Waals surface area contributed by atoms with Crippen molar-refractivity contribution in [2.45, 2.75) is 39.4 Å². The molecule has 0 aromatic heterocycles. The van der Waals surface area contributed by atoms with E-state index in [4.69, 9.17) is 0 Å². The van der Waals surface area contributed by atoms with E-state index in [2.05, 4.69) is 16.7 Å². The number of ketones is 1. The summed E-state index contributed by atoms with van der Waals surface area (Å²) in [5, 5.41) is 0. The molecule has 1 unspecified atom stereocenters. The lowest BCUT2D eigenvalue weighted by atomic mass is 9.98. The molecule has 0 saturated heterocycles. The van der Waals surface area contributed by atoms with Crippen molar-refractivity contribution in [3.8, 4) is 0 Å². The molecule has 1 atom stereocenters. The number of carbonyl (C=O) groups excluding carboxylic acids is 1. The molecule has 0 aromatic carbocycles. The van der Waals surface area contributed by atoms with Gasteiger partial charge in [0.2, 0.25) is 0 Å². The maximum absolute atomic E-state index is 11.4. The predicted molar refractivity (Wildman–Crippen MR) is 55.7 cm³/mol. The van der Waals surface area contributed by atoms with Gasteiger partial charge < -0.3 is 0 Å². The molecule has 0 rings (SSSR count). The van der Waals surface area contributed by atoms with Crippen molar-refractivity contribution in [2.75, 3.05) is 21.1 Å². The standard InChI is InChI=1S/C10H22N2O/c1-8(13)10(3,4)12(7)9(2)11(5)6/h9H,1-7H3. The number of hydrogen-bond donors (Lipinski definition) is 0. The summed E-state index contributed by atoms with van der Waals surface area (Å²) >= 11 is 0. The first-order chi connectivity index (χ1) is 5.71. The molecule has 0 fully saturated rings. The Labute approximate surface area is 81.7 Å². The van der Waals surface area contributed by atoms with Gasteiger partial charge in [-0.25, -0.2) is 0 Å². The third kappa shape index (κ3) is 2.78. The highest BCUT2D eigenvalue weighted by Gasteiger charge is 2.32. The van der Waals surface area contributed by atoms with E-state index >= 15 is 0 Å². The number of rotatable bonds is 4. The Kier molecular flexibility index (Phi) is 4.07. The second-order valence-electron chi connectivity index (χ2n) is 4.32. The normalized spacial score (nSPS) is 15.2. The predicted octanol–water partition coefficient (Wildman–Crippen LogP) is 1.19. The molecule has 0 bridgehead atoms. The number of carbonyl (C=O) groups is 1. The Morgan fingerprint density at radius 3 is 1.85 bits per heavy atom. The fourth-order valence-electron chi connectivity index (χ4n) is 1.06. The van der Waals surface area contributed by atoms with Gasteiger partial charge >= 0.3 is 0 Å². The molecular formula is C10H22N2O. The summed E-state index contributed by atoms with van der Waals surface area (Å²) in [7, 11) is 6.00. The zero-order chi connectivity index (χ0) is 10.8. The molecule has 3 heteroatoms. The molecule has 0 radical (unpaired) electrons. The van der Waals surface area contributed by atoms with Gasteiger partial charge in [-0.3, -0.25) is 14.6 Å². The average Bonchev–Trinajstić information content (AvgIpc) is 2.01. The molecule has 0 spiro atoms. The number of likely N-dealkylation sites (N-methyl/N-ethyl adjacent to an activating group) is 1. The molecule has 0 aromatic rings. The second kappa shape index (κ2) is 4.20. The van der Waals surface area contributed by atoms with Crippen molar-refractivity contribution in [3.63, 3.8) is 0 Å². The van der Waals surface area contributed by atoms with Crippen LogP contribution in [0.5, 0.6) is 0 Å². The van der Waals surface area contributed by atoms with E-state index in [-0.39, 0.29) is 17.5 Å². The van der Waals surface area contributed by atoms with Crippen molar-refractivity contribution in [2.24, 2.45) is 0 Å². The highest BCUT2D eigenvalue weighted by molar-refractivity contribution is 5.85. The van der Waals surface area contributed by atoms with Crippen LogP contribution in [0.25, 0.3) is 0 Å². The van der Waals surface area contributed by atoms with Crippen LogP contribution in [0.15, 0.2) is 0 Å². The zero-order valence-corrected chi connectivity index (χ0v) is 9.88. The lowest BCUT2D eigenvalue weighted by Gasteiger charge is -2.40. The summed E-state index contributed by atoms with van der Waals surface area (Å²) in [5.74, 6) is 0.198. The molecule has 0 N–H and O–H groups in total. The van der Waals surface area contributed by atoms with Gasteiger partial charge in [0, 0.05) is 0 Å². The van der Waals surface area contributed by atoms with Gasteiger partial charge in [0.15, 0.2) is 0 Å². The number of hydrogen-bond acceptors (Lipinski definition) is 3. The Hall–Kier alpha value is -0.410. The number of Topliss-reactive ketones (excluding diaryl/α,β-unsaturated/α-hetero) is 1. The molecule has 0 aliphatic carbocycles. The van der Waals surface area contributed by atoms with E-state index in [1.165, 1.54) is 0 Å². The molecular weight excluding hydrogens is 164 g/mol. The monoisotopic (exact) mass is 186 g/mol. The van der Waals surface area contributed by atoms with Crippen LogP contribution < -0.4 is 0 Å². The summed E-state index contributed by atoms with van der Waals surface area (Å²) in [6, 6.07) is 0. The molecule has 0 amide bonds. The minimum atomic E-state index is -0.385. The van der Waals surface area contributed by atoms with Gasteiger partial charge in [-0.15, -0.1) is 0 Å². The lowest BCUT2D eigenvalue weighted by molar-refractivity contribution is -0.129. The first-order valence-corrected chi connectivity index (χ1v) is 4.61. The molecule has 0 aliphatic heterocycles. The Morgan fingerprint density at radius 2 is 1.62 bits per heavy atom. The second-order valence-corrected chi connectivity index (χ2v) is 4.32. The van der Waals surface area contributed by atoms with Crippen LogP contribution in [0.2, 0.25) is 0 Å². The molecule has 0 aliphatic rings. The fraction of sp³-hybridized carbons (Fsp3) is 0.900. The Bertz CT molecular complexity index is 187. The maximum Gasteiger partial charge on any atom is 0.149 e. The van der Waals surface area contributed by atoms with Crippen LogP contribution in [-0.2, 0) is 4.79 Å². The summed E-state index contributed by atoms with van der Waals surface area (Å²) in [6.45, 7) is 7.63. The minimum Gasteiger partial charge on any atom is -0.298 e. The highest BCUT2D eigenvalue weighted by Crippen LogP contribution is 2.17. The van der Waals surface area contributed by atoms with Crippen LogP contribution in [-0.4, -0.2) is 48.4 Å². The molecule has 0 saturated carbocycles. The first kappa shape index (κ1) is 12.6. The van der Waals surface area contributed by atoms with Crippen molar-refractivity contribution < 1.29 is 4.79 Å². The van der Waals surface area contributed by atoms with Crippen molar-refractivity contribution in [3.05, 3.63) is 0 Å². The van der Waals surface area contributed by atoms with E-state index in [0.29, 0.717) is 0 Å². The van der Waals surface area contributed by atoms with Gasteiger partial charge in [0.1, 0.15) is 5.78 Å². The third-order valence-corrected chi connectivity index (χ3v) is 3.05. The van der Waals surface area contributed by atoms with Gasteiger partial charge in [-0.1, -0.05) is 0 Å². The SMILES string of the molecule is CC(=O)C(C)(C)N(C)C(C)N(C)C. The largest absolute Gasteiger partial charge is 0.298 e. The Morgan fingerprint density at radius 1 is 1.23 bits per heavy atom.